The van der Waals surface area contributed by atoms with Crippen LogP contribution in [-0.4, -0.2) is 51.5 Å². The second-order valence-corrected chi connectivity index (χ2v) is 7.38. The SMILES string of the molecule is COC(=O)c1cn(C(N=[N+]=[N-])n2cc(S(=O)(=O)c3ccc(C)cc3)nn2)nn1. The minimum absolute atomic E-state index is 0.0409. The molecule has 0 aliphatic heterocycles. The number of carbonyl (C=O) groups excluding carboxylic acids is 1. The summed E-state index contributed by atoms with van der Waals surface area (Å²) in [6, 6.07) is 6.22. The lowest BCUT2D eigenvalue weighted by Crippen LogP contribution is -2.17. The predicted molar refractivity (Wildman–Crippen MR) is 91.6 cm³/mol. The van der Waals surface area contributed by atoms with E-state index in [1.165, 1.54) is 25.4 Å². The third kappa shape index (κ3) is 3.54. The zero-order valence-corrected chi connectivity index (χ0v) is 15.4. The van der Waals surface area contributed by atoms with Gasteiger partial charge in [0, 0.05) is 4.91 Å². The van der Waals surface area contributed by atoms with Crippen LogP contribution in [0.5, 0.6) is 0 Å². The second kappa shape index (κ2) is 7.46. The molecule has 0 bridgehead atoms. The van der Waals surface area contributed by atoms with Crippen molar-refractivity contribution in [3.8, 4) is 0 Å². The van der Waals surface area contributed by atoms with E-state index in [0.717, 1.165) is 21.1 Å². The molecule has 2 heterocycles. The van der Waals surface area contributed by atoms with Gasteiger partial charge in [-0.25, -0.2) is 22.6 Å². The molecule has 0 radical (unpaired) electrons. The number of esters is 1. The molecule has 0 N–H and O–H groups in total. The third-order valence-electron chi connectivity index (χ3n) is 3.63. The first kappa shape index (κ1) is 19.0. The summed E-state index contributed by atoms with van der Waals surface area (Å²) < 4.78 is 31.9. The van der Waals surface area contributed by atoms with E-state index >= 15 is 0 Å². The summed E-state index contributed by atoms with van der Waals surface area (Å²) in [7, 11) is -2.75. The van der Waals surface area contributed by atoms with Crippen molar-refractivity contribution in [1.29, 1.82) is 0 Å². The molecule has 13 nitrogen and oxygen atoms in total. The number of aromatic nitrogens is 6. The molecule has 0 fully saturated rings. The maximum Gasteiger partial charge on any atom is 0.360 e. The lowest BCUT2D eigenvalue weighted by molar-refractivity contribution is 0.0594. The molecule has 3 aromatic rings. The Kier molecular flexibility index (Phi) is 5.06. The molecule has 0 aliphatic carbocycles. The smallest absolute Gasteiger partial charge is 0.360 e. The van der Waals surface area contributed by atoms with Crippen LogP contribution in [0.1, 0.15) is 22.3 Å². The second-order valence-electron chi connectivity index (χ2n) is 5.48. The summed E-state index contributed by atoms with van der Waals surface area (Å²) >= 11 is 0. The van der Waals surface area contributed by atoms with Crippen LogP contribution in [0.15, 0.2) is 51.7 Å². The molecule has 28 heavy (non-hydrogen) atoms. The fourth-order valence-corrected chi connectivity index (χ4v) is 3.32. The van der Waals surface area contributed by atoms with E-state index < -0.39 is 22.1 Å². The summed E-state index contributed by atoms with van der Waals surface area (Å²) in [6.45, 7) is 1.83. The Morgan fingerprint density at radius 1 is 1.18 bits per heavy atom. The Bertz CT molecular complexity index is 1160. The largest absolute Gasteiger partial charge is 0.464 e. The molecule has 1 aromatic carbocycles. The number of benzene rings is 1. The van der Waals surface area contributed by atoms with E-state index in [0.29, 0.717) is 0 Å². The monoisotopic (exact) mass is 403 g/mol. The maximum atomic E-state index is 12.7. The Balaban J connectivity index is 1.98. The van der Waals surface area contributed by atoms with Gasteiger partial charge in [-0.1, -0.05) is 28.1 Å². The zero-order valence-electron chi connectivity index (χ0n) is 14.6. The molecule has 3 rings (SSSR count). The van der Waals surface area contributed by atoms with Crippen LogP contribution in [0.4, 0.5) is 0 Å². The van der Waals surface area contributed by atoms with Gasteiger partial charge in [0.1, 0.15) is 0 Å². The quantitative estimate of drug-likeness (QED) is 0.255. The van der Waals surface area contributed by atoms with Crippen molar-refractivity contribution in [3.63, 3.8) is 0 Å². The van der Waals surface area contributed by atoms with Gasteiger partial charge in [-0.2, -0.15) is 0 Å². The van der Waals surface area contributed by atoms with Crippen LogP contribution in [0.2, 0.25) is 0 Å². The standard InChI is InChI=1S/C14H13N9O4S/c1-9-3-5-10(6-4-9)28(25,26)12-8-23(21-17-12)14(18-19-15)22-7-11(16-20-22)13(24)27-2/h3-8,14H,1-2H3. The first-order chi connectivity index (χ1) is 13.4. The summed E-state index contributed by atoms with van der Waals surface area (Å²) in [5, 5.41) is 17.8. The zero-order chi connectivity index (χ0) is 20.3. The van der Waals surface area contributed by atoms with Crippen LogP contribution >= 0.6 is 0 Å². The van der Waals surface area contributed by atoms with Crippen molar-refractivity contribution < 1.29 is 17.9 Å². The average molecular weight is 403 g/mol. The number of carbonyl (C=O) groups is 1. The van der Waals surface area contributed by atoms with Gasteiger partial charge in [0.25, 0.3) is 0 Å². The molecule has 1 unspecified atom stereocenters. The molecular formula is C14H13N9O4S. The molecule has 0 spiro atoms. The van der Waals surface area contributed by atoms with Gasteiger partial charge in [-0.05, 0) is 29.7 Å². The van der Waals surface area contributed by atoms with Gasteiger partial charge in [0.2, 0.25) is 21.2 Å². The van der Waals surface area contributed by atoms with Gasteiger partial charge in [-0.3, -0.25) is 0 Å². The summed E-state index contributed by atoms with van der Waals surface area (Å²) in [4.78, 5) is 14.2. The van der Waals surface area contributed by atoms with E-state index in [1.807, 2.05) is 6.92 Å². The molecule has 0 saturated carbocycles. The van der Waals surface area contributed by atoms with Gasteiger partial charge >= 0.3 is 5.97 Å². The summed E-state index contributed by atoms with van der Waals surface area (Å²) in [6.07, 6.45) is 0.986. The molecular weight excluding hydrogens is 390 g/mol. The highest BCUT2D eigenvalue weighted by Crippen LogP contribution is 2.20. The van der Waals surface area contributed by atoms with Crippen molar-refractivity contribution in [1.82, 2.24) is 30.0 Å². The number of hydrogen-bond donors (Lipinski definition) is 0. The summed E-state index contributed by atoms with van der Waals surface area (Å²) in [5.41, 5.74) is 9.59. The number of nitrogens with zero attached hydrogens (tertiary/aromatic N) is 9. The van der Waals surface area contributed by atoms with Gasteiger partial charge in [0.05, 0.1) is 24.4 Å². The van der Waals surface area contributed by atoms with Crippen LogP contribution in [-0.2, 0) is 14.6 Å². The lowest BCUT2D eigenvalue weighted by Gasteiger charge is -2.09. The van der Waals surface area contributed by atoms with E-state index in [1.54, 1.807) is 12.1 Å². The topological polar surface area (TPSA) is 171 Å². The van der Waals surface area contributed by atoms with Crippen LogP contribution < -0.4 is 0 Å². The van der Waals surface area contributed by atoms with E-state index in [2.05, 4.69) is 35.4 Å². The predicted octanol–water partition coefficient (Wildman–Crippen LogP) is 1.11. The molecule has 0 amide bonds. The molecule has 0 saturated heterocycles. The number of aryl methyl sites for hydroxylation is 1. The maximum absolute atomic E-state index is 12.7. The first-order valence-corrected chi connectivity index (χ1v) is 9.13. The number of hydrogen-bond acceptors (Lipinski definition) is 9. The Morgan fingerprint density at radius 2 is 1.82 bits per heavy atom. The van der Waals surface area contributed by atoms with E-state index in [-0.39, 0.29) is 15.6 Å². The Hall–Kier alpha value is -3.77. The minimum atomic E-state index is -3.93. The molecule has 144 valence electrons. The molecule has 0 aliphatic rings. The van der Waals surface area contributed by atoms with Crippen molar-refractivity contribution in [2.24, 2.45) is 5.11 Å². The van der Waals surface area contributed by atoms with Crippen molar-refractivity contribution in [2.45, 2.75) is 23.1 Å². The van der Waals surface area contributed by atoms with Crippen molar-refractivity contribution in [3.05, 3.63) is 58.4 Å². The highest BCUT2D eigenvalue weighted by molar-refractivity contribution is 7.91. The number of rotatable bonds is 6. The fourth-order valence-electron chi connectivity index (χ4n) is 2.20. The number of methoxy groups -OCH3 is 1. The highest BCUT2D eigenvalue weighted by atomic mass is 32.2. The third-order valence-corrected chi connectivity index (χ3v) is 5.26. The highest BCUT2D eigenvalue weighted by Gasteiger charge is 2.25. The first-order valence-electron chi connectivity index (χ1n) is 7.65. The van der Waals surface area contributed by atoms with Crippen molar-refractivity contribution >= 4 is 15.8 Å². The van der Waals surface area contributed by atoms with Crippen molar-refractivity contribution in [2.75, 3.05) is 7.11 Å². The number of azide groups is 1. The fraction of sp³-hybridized carbons (Fsp3) is 0.214. The van der Waals surface area contributed by atoms with Gasteiger partial charge < -0.3 is 4.74 Å². The van der Waals surface area contributed by atoms with Crippen LogP contribution in [0.3, 0.4) is 0 Å². The van der Waals surface area contributed by atoms with Crippen LogP contribution in [0, 0.1) is 6.92 Å². The van der Waals surface area contributed by atoms with Gasteiger partial charge in [0.15, 0.2) is 5.69 Å². The number of ether oxygens (including phenoxy) is 1. The summed E-state index contributed by atoms with van der Waals surface area (Å²) in [5.74, 6) is -0.743. The number of sulfone groups is 1. The molecule has 1 atom stereocenters. The normalized spacial score (nSPS) is 12.2. The molecule has 2 aromatic heterocycles. The van der Waals surface area contributed by atoms with Crippen LogP contribution in [0.25, 0.3) is 10.4 Å². The van der Waals surface area contributed by atoms with E-state index in [9.17, 15) is 13.2 Å². The Labute approximate surface area is 158 Å². The minimum Gasteiger partial charge on any atom is -0.464 e. The lowest BCUT2D eigenvalue weighted by atomic mass is 10.2. The average Bonchev–Trinajstić information content (AvgIpc) is 3.36. The van der Waals surface area contributed by atoms with E-state index in [4.69, 9.17) is 5.53 Å². The molecule has 14 heteroatoms. The Morgan fingerprint density at radius 3 is 2.46 bits per heavy atom. The van der Waals surface area contributed by atoms with Gasteiger partial charge in [-0.15, -0.1) is 10.2 Å².